The first-order chi connectivity index (χ1) is 15.6. The quantitative estimate of drug-likeness (QED) is 0.282. The average Bonchev–Trinajstić information content (AvgIpc) is 3.16. The zero-order chi connectivity index (χ0) is 22.3. The highest BCUT2D eigenvalue weighted by Gasteiger charge is 2.20. The van der Waals surface area contributed by atoms with E-state index in [2.05, 4.69) is 4.98 Å². The van der Waals surface area contributed by atoms with Crippen LogP contribution in [0.4, 0.5) is 0 Å². The van der Waals surface area contributed by atoms with Crippen molar-refractivity contribution >= 4 is 27.5 Å². The Morgan fingerprint density at radius 3 is 2.22 bits per heavy atom. The number of aromatic nitrogens is 2. The Labute approximate surface area is 188 Å². The number of nitrogens with zero attached hydrogens (tertiary/aromatic N) is 2. The maximum absolute atomic E-state index is 12.9. The molecule has 0 radical (unpaired) electrons. The number of benzene rings is 2. The van der Waals surface area contributed by atoms with Crippen LogP contribution in [0.2, 0.25) is 0 Å². The summed E-state index contributed by atoms with van der Waals surface area (Å²) in [6.45, 7) is 2.77. The Hall–Kier alpha value is -3.65. The van der Waals surface area contributed by atoms with Crippen molar-refractivity contribution in [2.24, 2.45) is 0 Å². The third-order valence-electron chi connectivity index (χ3n) is 4.78. The van der Waals surface area contributed by atoms with Crippen LogP contribution in [-0.4, -0.2) is 35.3 Å². The molecular formula is C24H22N2O5S. The molecule has 0 saturated carbocycles. The van der Waals surface area contributed by atoms with Crippen molar-refractivity contribution in [2.45, 2.75) is 13.5 Å². The molecule has 0 aliphatic carbocycles. The van der Waals surface area contributed by atoms with Crippen LogP contribution in [0.25, 0.3) is 10.2 Å². The van der Waals surface area contributed by atoms with E-state index in [1.807, 2.05) is 60.7 Å². The van der Waals surface area contributed by atoms with E-state index in [0.717, 1.165) is 17.1 Å². The summed E-state index contributed by atoms with van der Waals surface area (Å²) in [5, 5.41) is 0.435. The molecule has 2 heterocycles. The zero-order valence-electron chi connectivity index (χ0n) is 17.5. The number of fused-ring (bicyclic) bond motifs is 1. The summed E-state index contributed by atoms with van der Waals surface area (Å²) >= 11 is 1.16. The number of thiophene rings is 1. The molecule has 4 rings (SSSR count). The maximum atomic E-state index is 12.9. The van der Waals surface area contributed by atoms with Gasteiger partial charge in [0.2, 0.25) is 0 Å². The van der Waals surface area contributed by atoms with Gasteiger partial charge in [-0.15, -0.1) is 11.3 Å². The number of para-hydroxylation sites is 2. The van der Waals surface area contributed by atoms with Crippen molar-refractivity contribution in [3.63, 3.8) is 0 Å². The molecular weight excluding hydrogens is 428 g/mol. The molecule has 0 unspecified atom stereocenters. The zero-order valence-corrected chi connectivity index (χ0v) is 18.3. The van der Waals surface area contributed by atoms with E-state index >= 15 is 0 Å². The fraction of sp³-hybridized carbons (Fsp3) is 0.208. The summed E-state index contributed by atoms with van der Waals surface area (Å²) in [5.41, 5.74) is 0.377. The highest BCUT2D eigenvalue weighted by atomic mass is 32.1. The Bertz CT molecular complexity index is 1250. The summed E-state index contributed by atoms with van der Waals surface area (Å²) in [5.74, 6) is 0.964. The van der Waals surface area contributed by atoms with Gasteiger partial charge in [-0.1, -0.05) is 36.4 Å². The predicted molar refractivity (Wildman–Crippen MR) is 123 cm³/mol. The smallest absolute Gasteiger partial charge is 0.348 e. The molecule has 164 valence electrons. The molecule has 2 aromatic heterocycles. The van der Waals surface area contributed by atoms with Gasteiger partial charge < -0.3 is 14.2 Å². The number of rotatable bonds is 9. The minimum atomic E-state index is -0.486. The van der Waals surface area contributed by atoms with Crippen LogP contribution in [0.1, 0.15) is 15.2 Å². The molecule has 0 aliphatic heterocycles. The number of ether oxygens (including phenoxy) is 3. The summed E-state index contributed by atoms with van der Waals surface area (Å²) in [4.78, 5) is 30.7. The molecule has 4 aromatic rings. The molecule has 32 heavy (non-hydrogen) atoms. The van der Waals surface area contributed by atoms with Crippen LogP contribution >= 0.6 is 11.3 Å². The second kappa shape index (κ2) is 10.1. The first-order valence-corrected chi connectivity index (χ1v) is 11.0. The SMILES string of the molecule is Cc1c(C(=O)OCCOc2ccccc2)sc2ncn(CCOc3ccccc3)c(=O)c12. The normalized spacial score (nSPS) is 10.8. The van der Waals surface area contributed by atoms with Crippen molar-refractivity contribution < 1.29 is 19.0 Å². The van der Waals surface area contributed by atoms with Gasteiger partial charge in [0, 0.05) is 0 Å². The van der Waals surface area contributed by atoms with E-state index in [1.165, 1.54) is 10.9 Å². The third kappa shape index (κ3) is 4.97. The minimum Gasteiger partial charge on any atom is -0.492 e. The molecule has 0 fully saturated rings. The molecule has 0 bridgehead atoms. The van der Waals surface area contributed by atoms with Crippen LogP contribution < -0.4 is 15.0 Å². The number of aryl methyl sites for hydroxylation is 1. The largest absolute Gasteiger partial charge is 0.492 e. The summed E-state index contributed by atoms with van der Waals surface area (Å²) in [6.07, 6.45) is 1.48. The lowest BCUT2D eigenvalue weighted by molar-refractivity contribution is 0.0455. The van der Waals surface area contributed by atoms with Gasteiger partial charge in [-0.2, -0.15) is 0 Å². The van der Waals surface area contributed by atoms with E-state index in [0.29, 0.717) is 39.6 Å². The third-order valence-corrected chi connectivity index (χ3v) is 5.96. The number of esters is 1. The molecule has 0 atom stereocenters. The highest BCUT2D eigenvalue weighted by molar-refractivity contribution is 7.20. The number of carbonyl (C=O) groups excluding carboxylic acids is 1. The van der Waals surface area contributed by atoms with Gasteiger partial charge in [0.15, 0.2) is 0 Å². The summed E-state index contributed by atoms with van der Waals surface area (Å²) in [7, 11) is 0. The Balaban J connectivity index is 1.39. The van der Waals surface area contributed by atoms with Crippen LogP contribution in [0.3, 0.4) is 0 Å². The molecule has 0 aliphatic rings. The van der Waals surface area contributed by atoms with Crippen molar-refractivity contribution in [1.29, 1.82) is 0 Å². The fourth-order valence-electron chi connectivity index (χ4n) is 3.17. The molecule has 0 amide bonds. The van der Waals surface area contributed by atoms with Gasteiger partial charge in [-0.05, 0) is 36.8 Å². The van der Waals surface area contributed by atoms with Gasteiger partial charge in [0.05, 0.1) is 18.3 Å². The van der Waals surface area contributed by atoms with E-state index in [-0.39, 0.29) is 18.8 Å². The van der Waals surface area contributed by atoms with Gasteiger partial charge in [-0.25, -0.2) is 9.78 Å². The first-order valence-electron chi connectivity index (χ1n) is 10.1. The van der Waals surface area contributed by atoms with Crippen molar-refractivity contribution in [3.05, 3.63) is 87.8 Å². The van der Waals surface area contributed by atoms with Gasteiger partial charge in [0.1, 0.15) is 41.0 Å². The average molecular weight is 451 g/mol. The van der Waals surface area contributed by atoms with E-state index in [9.17, 15) is 9.59 Å². The lowest BCUT2D eigenvalue weighted by Gasteiger charge is -2.08. The summed E-state index contributed by atoms with van der Waals surface area (Å²) < 4.78 is 18.0. The lowest BCUT2D eigenvalue weighted by atomic mass is 10.2. The molecule has 0 saturated heterocycles. The fourth-order valence-corrected chi connectivity index (χ4v) is 4.20. The van der Waals surface area contributed by atoms with Crippen molar-refractivity contribution in [2.75, 3.05) is 19.8 Å². The van der Waals surface area contributed by atoms with Crippen LogP contribution in [0.5, 0.6) is 11.5 Å². The maximum Gasteiger partial charge on any atom is 0.348 e. The van der Waals surface area contributed by atoms with Crippen LogP contribution in [-0.2, 0) is 11.3 Å². The van der Waals surface area contributed by atoms with E-state index < -0.39 is 5.97 Å². The van der Waals surface area contributed by atoms with Crippen LogP contribution in [0.15, 0.2) is 71.8 Å². The molecule has 2 aromatic carbocycles. The predicted octanol–water partition coefficient (Wildman–Crippen LogP) is 4.08. The number of carbonyl (C=O) groups is 1. The van der Waals surface area contributed by atoms with E-state index in [1.54, 1.807) is 6.92 Å². The first kappa shape index (κ1) is 21.6. The Morgan fingerprint density at radius 1 is 0.938 bits per heavy atom. The van der Waals surface area contributed by atoms with E-state index in [4.69, 9.17) is 14.2 Å². The monoisotopic (exact) mass is 450 g/mol. The van der Waals surface area contributed by atoms with Gasteiger partial charge in [-0.3, -0.25) is 9.36 Å². The number of hydrogen-bond acceptors (Lipinski definition) is 7. The standard InChI is InChI=1S/C24H22N2O5S/c1-17-20-22(25-16-26(23(20)27)12-13-29-18-8-4-2-5-9-18)32-21(17)24(28)31-15-14-30-19-10-6-3-7-11-19/h2-11,16H,12-15H2,1H3. The molecule has 8 heteroatoms. The van der Waals surface area contributed by atoms with Crippen LogP contribution in [0, 0.1) is 6.92 Å². The molecule has 0 N–H and O–H groups in total. The highest BCUT2D eigenvalue weighted by Crippen LogP contribution is 2.27. The second-order valence-corrected chi connectivity index (χ2v) is 7.94. The Morgan fingerprint density at radius 2 is 1.56 bits per heavy atom. The lowest BCUT2D eigenvalue weighted by Crippen LogP contribution is -2.23. The van der Waals surface area contributed by atoms with Gasteiger partial charge in [0.25, 0.3) is 5.56 Å². The number of hydrogen-bond donors (Lipinski definition) is 0. The van der Waals surface area contributed by atoms with Gasteiger partial charge >= 0.3 is 5.97 Å². The molecule has 0 spiro atoms. The van der Waals surface area contributed by atoms with Crippen molar-refractivity contribution in [3.8, 4) is 11.5 Å². The topological polar surface area (TPSA) is 79.7 Å². The van der Waals surface area contributed by atoms with Crippen molar-refractivity contribution in [1.82, 2.24) is 9.55 Å². The Kier molecular flexibility index (Phi) is 6.81. The summed E-state index contributed by atoms with van der Waals surface area (Å²) in [6, 6.07) is 18.7. The minimum absolute atomic E-state index is 0.107. The second-order valence-electron chi connectivity index (χ2n) is 6.94. The molecule has 7 nitrogen and oxygen atoms in total.